The van der Waals surface area contributed by atoms with Crippen LogP contribution in [-0.2, 0) is 4.79 Å². The Labute approximate surface area is 153 Å². The molecule has 1 aromatic rings. The van der Waals surface area contributed by atoms with Crippen LogP contribution < -0.4 is 5.32 Å². The van der Waals surface area contributed by atoms with E-state index in [9.17, 15) is 9.59 Å². The van der Waals surface area contributed by atoms with Crippen molar-refractivity contribution >= 4 is 50.3 Å². The van der Waals surface area contributed by atoms with E-state index in [1.807, 2.05) is 23.1 Å². The van der Waals surface area contributed by atoms with Crippen LogP contribution in [0.5, 0.6) is 0 Å². The Kier molecular flexibility index (Phi) is 7.14. The fraction of sp³-hybridized carbons (Fsp3) is 0.500. The molecule has 0 bridgehead atoms. The van der Waals surface area contributed by atoms with Gasteiger partial charge >= 0.3 is 0 Å². The number of carbonyl (C=O) groups excluding carboxylic acids is 2. The number of carbonyl (C=O) groups is 2. The minimum absolute atomic E-state index is 0.0621. The van der Waals surface area contributed by atoms with Crippen molar-refractivity contribution < 1.29 is 9.59 Å². The number of amides is 2. The highest BCUT2D eigenvalue weighted by Crippen LogP contribution is 2.18. The second-order valence-corrected chi connectivity index (χ2v) is 7.50. The van der Waals surface area contributed by atoms with Gasteiger partial charge < -0.3 is 10.2 Å². The summed E-state index contributed by atoms with van der Waals surface area (Å²) in [5.41, 5.74) is 0.681. The molecule has 6 heteroatoms. The molecule has 120 valence electrons. The average Bonchev–Trinajstić information content (AvgIpc) is 2.70. The lowest BCUT2D eigenvalue weighted by Gasteiger charge is -2.20. The Morgan fingerprint density at radius 2 is 2.14 bits per heavy atom. The summed E-state index contributed by atoms with van der Waals surface area (Å²) in [4.78, 5) is 26.0. The summed E-state index contributed by atoms with van der Waals surface area (Å²) < 4.78 is 1.83. The third-order valence-electron chi connectivity index (χ3n) is 3.73. The molecule has 2 amide bonds. The topological polar surface area (TPSA) is 49.4 Å². The number of rotatable bonds is 5. The molecule has 0 saturated carbocycles. The van der Waals surface area contributed by atoms with Crippen LogP contribution in [0.4, 0.5) is 0 Å². The summed E-state index contributed by atoms with van der Waals surface area (Å²) in [5.74, 6) is 0.193. The van der Waals surface area contributed by atoms with Gasteiger partial charge in [0, 0.05) is 34.1 Å². The summed E-state index contributed by atoms with van der Waals surface area (Å²) in [6.07, 6.45) is 4.70. The molecule has 0 spiro atoms. The van der Waals surface area contributed by atoms with Crippen LogP contribution in [0.3, 0.4) is 0 Å². The molecule has 0 radical (unpaired) electrons. The summed E-state index contributed by atoms with van der Waals surface area (Å²) >= 11 is 5.55. The van der Waals surface area contributed by atoms with Gasteiger partial charge in [-0.1, -0.05) is 22.4 Å². The van der Waals surface area contributed by atoms with Crippen LogP contribution in [0.15, 0.2) is 22.7 Å². The van der Waals surface area contributed by atoms with E-state index < -0.39 is 0 Å². The largest absolute Gasteiger partial charge is 0.352 e. The first-order chi connectivity index (χ1) is 10.6. The third kappa shape index (κ3) is 5.22. The van der Waals surface area contributed by atoms with E-state index in [1.165, 1.54) is 0 Å². The standard InChI is InChI=1S/C16H20BrIN2O2/c17-12-6-7-14(18)13(11-12)16(22)19-8-4-10-20-9-3-1-2-5-15(20)21/h6-7,11H,1-5,8-10H2,(H,19,22). The molecular weight excluding hydrogens is 459 g/mol. The van der Waals surface area contributed by atoms with E-state index in [1.54, 1.807) is 0 Å². The summed E-state index contributed by atoms with van der Waals surface area (Å²) in [6, 6.07) is 5.66. The molecule has 1 aliphatic heterocycles. The van der Waals surface area contributed by atoms with Crippen LogP contribution >= 0.6 is 38.5 Å². The smallest absolute Gasteiger partial charge is 0.252 e. The predicted octanol–water partition coefficient (Wildman–Crippen LogP) is 3.58. The molecular formula is C16H20BrIN2O2. The first-order valence-electron chi connectivity index (χ1n) is 7.59. The highest BCUT2D eigenvalue weighted by molar-refractivity contribution is 14.1. The van der Waals surface area contributed by atoms with E-state index in [4.69, 9.17) is 0 Å². The van der Waals surface area contributed by atoms with Crippen LogP contribution in [0, 0.1) is 3.57 Å². The van der Waals surface area contributed by atoms with Crippen molar-refractivity contribution in [2.24, 2.45) is 0 Å². The molecule has 0 aromatic heterocycles. The van der Waals surface area contributed by atoms with Gasteiger partial charge in [-0.3, -0.25) is 9.59 Å². The van der Waals surface area contributed by atoms with Gasteiger partial charge in [0.05, 0.1) is 5.56 Å². The first kappa shape index (κ1) is 17.7. The molecule has 1 aliphatic rings. The summed E-state index contributed by atoms with van der Waals surface area (Å²) in [7, 11) is 0. The average molecular weight is 479 g/mol. The van der Waals surface area contributed by atoms with E-state index in [0.29, 0.717) is 18.5 Å². The molecule has 2 rings (SSSR count). The third-order valence-corrected chi connectivity index (χ3v) is 5.17. The number of hydrogen-bond donors (Lipinski definition) is 1. The minimum atomic E-state index is -0.0621. The molecule has 0 aliphatic carbocycles. The lowest BCUT2D eigenvalue weighted by atomic mass is 10.2. The van der Waals surface area contributed by atoms with Gasteiger partial charge in [-0.15, -0.1) is 0 Å². The highest BCUT2D eigenvalue weighted by Gasteiger charge is 2.16. The zero-order valence-electron chi connectivity index (χ0n) is 12.4. The predicted molar refractivity (Wildman–Crippen MR) is 98.9 cm³/mol. The van der Waals surface area contributed by atoms with Gasteiger partial charge in [0.25, 0.3) is 5.91 Å². The lowest BCUT2D eigenvalue weighted by Crippen LogP contribution is -2.34. The molecule has 1 heterocycles. The Bertz CT molecular complexity index is 551. The number of halogens is 2. The Morgan fingerprint density at radius 3 is 2.95 bits per heavy atom. The van der Waals surface area contributed by atoms with Gasteiger partial charge in [-0.25, -0.2) is 0 Å². The van der Waals surface area contributed by atoms with Gasteiger partial charge in [0.1, 0.15) is 0 Å². The molecule has 22 heavy (non-hydrogen) atoms. The molecule has 1 saturated heterocycles. The van der Waals surface area contributed by atoms with Crippen molar-refractivity contribution in [3.05, 3.63) is 31.8 Å². The van der Waals surface area contributed by atoms with E-state index in [2.05, 4.69) is 43.8 Å². The molecule has 0 unspecified atom stereocenters. The number of benzene rings is 1. The minimum Gasteiger partial charge on any atom is -0.352 e. The monoisotopic (exact) mass is 478 g/mol. The zero-order chi connectivity index (χ0) is 15.9. The van der Waals surface area contributed by atoms with E-state index in [-0.39, 0.29) is 11.8 Å². The highest BCUT2D eigenvalue weighted by atomic mass is 127. The fourth-order valence-electron chi connectivity index (χ4n) is 2.51. The lowest BCUT2D eigenvalue weighted by molar-refractivity contribution is -0.130. The maximum absolute atomic E-state index is 12.2. The molecule has 1 aromatic carbocycles. The van der Waals surface area contributed by atoms with Gasteiger partial charge in [0.15, 0.2) is 0 Å². The van der Waals surface area contributed by atoms with Crippen molar-refractivity contribution in [1.29, 1.82) is 0 Å². The Hall–Kier alpha value is -0.630. The van der Waals surface area contributed by atoms with Gasteiger partial charge in [-0.05, 0) is 60.1 Å². The Morgan fingerprint density at radius 1 is 1.32 bits per heavy atom. The van der Waals surface area contributed by atoms with Gasteiger partial charge in [-0.2, -0.15) is 0 Å². The van der Waals surface area contributed by atoms with Crippen molar-refractivity contribution in [2.45, 2.75) is 32.1 Å². The zero-order valence-corrected chi connectivity index (χ0v) is 16.2. The van der Waals surface area contributed by atoms with Crippen molar-refractivity contribution in [2.75, 3.05) is 19.6 Å². The van der Waals surface area contributed by atoms with Crippen LogP contribution in [0.2, 0.25) is 0 Å². The normalized spacial score (nSPS) is 15.5. The quantitative estimate of drug-likeness (QED) is 0.519. The summed E-state index contributed by atoms with van der Waals surface area (Å²) in [6.45, 7) is 2.18. The second-order valence-electron chi connectivity index (χ2n) is 5.43. The van der Waals surface area contributed by atoms with Crippen molar-refractivity contribution in [3.63, 3.8) is 0 Å². The molecule has 1 N–H and O–H groups in total. The molecule has 1 fully saturated rings. The fourth-order valence-corrected chi connectivity index (χ4v) is 3.46. The van der Waals surface area contributed by atoms with Crippen molar-refractivity contribution in [1.82, 2.24) is 10.2 Å². The number of hydrogen-bond acceptors (Lipinski definition) is 2. The molecule has 4 nitrogen and oxygen atoms in total. The first-order valence-corrected chi connectivity index (χ1v) is 9.46. The van der Waals surface area contributed by atoms with Gasteiger partial charge in [0.2, 0.25) is 5.91 Å². The number of likely N-dealkylation sites (tertiary alicyclic amines) is 1. The SMILES string of the molecule is O=C(NCCCN1CCCCCC1=O)c1cc(Br)ccc1I. The van der Waals surface area contributed by atoms with Crippen LogP contribution in [-0.4, -0.2) is 36.3 Å². The van der Waals surface area contributed by atoms with Crippen LogP contribution in [0.1, 0.15) is 42.5 Å². The summed E-state index contributed by atoms with van der Waals surface area (Å²) in [5, 5.41) is 2.93. The maximum Gasteiger partial charge on any atom is 0.252 e. The maximum atomic E-state index is 12.2. The van der Waals surface area contributed by atoms with Crippen molar-refractivity contribution in [3.8, 4) is 0 Å². The molecule has 0 atom stereocenters. The van der Waals surface area contributed by atoms with E-state index in [0.717, 1.165) is 46.8 Å². The van der Waals surface area contributed by atoms with Crippen LogP contribution in [0.25, 0.3) is 0 Å². The second kappa shape index (κ2) is 8.86. The number of nitrogens with zero attached hydrogens (tertiary/aromatic N) is 1. The number of nitrogens with one attached hydrogen (secondary N) is 1. The Balaban J connectivity index is 1.77. The van der Waals surface area contributed by atoms with E-state index >= 15 is 0 Å².